The van der Waals surface area contributed by atoms with E-state index in [1.165, 1.54) is 25.6 Å². The van der Waals surface area contributed by atoms with Crippen molar-refractivity contribution < 1.29 is 27.0 Å². The summed E-state index contributed by atoms with van der Waals surface area (Å²) in [5.74, 6) is 1.61. The number of sulfonamides is 1. The lowest BCUT2D eigenvalue weighted by molar-refractivity contribution is 0.157. The predicted molar refractivity (Wildman–Crippen MR) is 163 cm³/mol. The molecule has 12 heteroatoms. The largest absolute Gasteiger partial charge is 0.494 e. The van der Waals surface area contributed by atoms with Crippen LogP contribution in [0.3, 0.4) is 0 Å². The molecule has 226 valence electrons. The number of nitrogens with one attached hydrogen (secondary N) is 2. The Kier molecular flexibility index (Phi) is 9.27. The summed E-state index contributed by atoms with van der Waals surface area (Å²) in [5, 5.41) is 3.20. The Morgan fingerprint density at radius 2 is 1.58 bits per heavy atom. The van der Waals surface area contributed by atoms with E-state index in [1.54, 1.807) is 31.4 Å². The fraction of sp³-hybridized carbons (Fsp3) is 0.290. The minimum atomic E-state index is -4.00. The number of nitrogens with zero attached hydrogens (tertiary/aromatic N) is 3. The van der Waals surface area contributed by atoms with Gasteiger partial charge in [-0.1, -0.05) is 0 Å². The molecule has 0 saturated carbocycles. The molecule has 1 aliphatic heterocycles. The average Bonchev–Trinajstić information content (AvgIpc) is 3.01. The zero-order chi connectivity index (χ0) is 30.4. The van der Waals surface area contributed by atoms with Crippen LogP contribution < -0.4 is 24.2 Å². The molecule has 0 bridgehead atoms. The molecule has 43 heavy (non-hydrogen) atoms. The maximum absolute atomic E-state index is 14.0. The second-order valence-corrected chi connectivity index (χ2v) is 12.0. The lowest BCUT2D eigenvalue weighted by Crippen LogP contribution is -2.32. The molecule has 3 aromatic carbocycles. The monoisotopic (exact) mass is 607 g/mol. The van der Waals surface area contributed by atoms with Crippen LogP contribution in [0.2, 0.25) is 0 Å². The molecule has 1 aliphatic rings. The molecular formula is C31H34FN5O5S. The van der Waals surface area contributed by atoms with E-state index in [0.29, 0.717) is 46.9 Å². The number of anilines is 3. The van der Waals surface area contributed by atoms with Crippen molar-refractivity contribution in [2.75, 3.05) is 51.0 Å². The van der Waals surface area contributed by atoms with Gasteiger partial charge in [0, 0.05) is 23.0 Å². The molecule has 10 nitrogen and oxygen atoms in total. The number of methoxy groups -OCH3 is 2. The number of hydrogen-bond donors (Lipinski definition) is 2. The van der Waals surface area contributed by atoms with Gasteiger partial charge in [0.25, 0.3) is 10.0 Å². The van der Waals surface area contributed by atoms with E-state index in [-0.39, 0.29) is 10.6 Å². The van der Waals surface area contributed by atoms with E-state index in [2.05, 4.69) is 32.0 Å². The van der Waals surface area contributed by atoms with Crippen molar-refractivity contribution in [2.24, 2.45) is 5.92 Å². The van der Waals surface area contributed by atoms with Gasteiger partial charge in [-0.05, 0) is 99.6 Å². The van der Waals surface area contributed by atoms with Crippen molar-refractivity contribution in [2.45, 2.75) is 17.7 Å². The van der Waals surface area contributed by atoms with E-state index in [1.807, 2.05) is 24.3 Å². The third-order valence-corrected chi connectivity index (χ3v) is 8.66. The number of aromatic nitrogens is 2. The van der Waals surface area contributed by atoms with Gasteiger partial charge in [0.15, 0.2) is 23.1 Å². The smallest absolute Gasteiger partial charge is 0.262 e. The average molecular weight is 608 g/mol. The second kappa shape index (κ2) is 13.3. The molecule has 0 unspecified atom stereocenters. The molecule has 0 aliphatic carbocycles. The Hall–Kier alpha value is -4.42. The molecule has 0 atom stereocenters. The molecule has 1 fully saturated rings. The first-order chi connectivity index (χ1) is 20.7. The van der Waals surface area contributed by atoms with E-state index in [4.69, 9.17) is 14.2 Å². The predicted octanol–water partition coefficient (Wildman–Crippen LogP) is 5.56. The Bertz CT molecular complexity index is 1660. The van der Waals surface area contributed by atoms with Crippen molar-refractivity contribution >= 4 is 27.2 Å². The molecule has 4 aromatic rings. The lowest BCUT2D eigenvalue weighted by Gasteiger charge is -2.28. The van der Waals surface area contributed by atoms with E-state index in [0.717, 1.165) is 37.6 Å². The maximum Gasteiger partial charge on any atom is 0.262 e. The third-order valence-electron chi connectivity index (χ3n) is 7.28. The van der Waals surface area contributed by atoms with Gasteiger partial charge in [-0.3, -0.25) is 4.72 Å². The molecule has 1 aromatic heterocycles. The highest BCUT2D eigenvalue weighted by Crippen LogP contribution is 2.33. The van der Waals surface area contributed by atoms with Gasteiger partial charge >= 0.3 is 0 Å². The summed E-state index contributed by atoms with van der Waals surface area (Å²) in [6.45, 7) is 2.83. The normalized spacial score (nSPS) is 14.2. The summed E-state index contributed by atoms with van der Waals surface area (Å²) in [7, 11) is 1.08. The van der Waals surface area contributed by atoms with Gasteiger partial charge in [-0.2, -0.15) is 0 Å². The minimum absolute atomic E-state index is 0.0363. The maximum atomic E-state index is 14.0. The van der Waals surface area contributed by atoms with Crippen molar-refractivity contribution in [3.05, 3.63) is 78.9 Å². The number of hydrogen-bond acceptors (Lipinski definition) is 9. The molecular weight excluding hydrogens is 573 g/mol. The first-order valence-corrected chi connectivity index (χ1v) is 15.3. The standard InChI is InChI=1S/C31H34FN5O5S/c1-37-14-12-21(13-15-37)19-42-29-10-4-22(16-30(29)41-3)27-18-31(34-20-33-27)35-23-5-7-24(8-6-23)36-43(38,39)25-9-11-28(40-2)26(32)17-25/h4-11,16-18,20-21,36H,12-15,19H2,1-3H3,(H,33,34,35). The fourth-order valence-electron chi connectivity index (χ4n) is 4.76. The number of likely N-dealkylation sites (tertiary alicyclic amines) is 1. The number of halogens is 1. The molecule has 0 amide bonds. The summed E-state index contributed by atoms with van der Waals surface area (Å²) in [6, 6.07) is 17.6. The topological polar surface area (TPSA) is 115 Å². The fourth-order valence-corrected chi connectivity index (χ4v) is 5.83. The van der Waals surface area contributed by atoms with Crippen molar-refractivity contribution in [3.63, 3.8) is 0 Å². The van der Waals surface area contributed by atoms with Crippen LogP contribution in [-0.4, -0.2) is 64.2 Å². The highest BCUT2D eigenvalue weighted by Gasteiger charge is 2.19. The van der Waals surface area contributed by atoms with Gasteiger partial charge in [-0.15, -0.1) is 0 Å². The van der Waals surface area contributed by atoms with Crippen molar-refractivity contribution in [1.29, 1.82) is 0 Å². The molecule has 2 heterocycles. The van der Waals surface area contributed by atoms with Crippen LogP contribution >= 0.6 is 0 Å². The van der Waals surface area contributed by atoms with Crippen LogP contribution in [0.5, 0.6) is 17.2 Å². The van der Waals surface area contributed by atoms with Crippen LogP contribution in [0, 0.1) is 11.7 Å². The number of piperidine rings is 1. The first-order valence-electron chi connectivity index (χ1n) is 13.8. The number of rotatable bonds is 11. The van der Waals surface area contributed by atoms with Crippen LogP contribution in [0.4, 0.5) is 21.6 Å². The highest BCUT2D eigenvalue weighted by molar-refractivity contribution is 7.92. The third kappa shape index (κ3) is 7.51. The Morgan fingerprint density at radius 1 is 0.884 bits per heavy atom. The van der Waals surface area contributed by atoms with Crippen LogP contribution in [0.25, 0.3) is 11.3 Å². The Balaban J connectivity index is 1.23. The second-order valence-electron chi connectivity index (χ2n) is 10.3. The van der Waals surface area contributed by atoms with Crippen molar-refractivity contribution in [1.82, 2.24) is 14.9 Å². The van der Waals surface area contributed by atoms with E-state index < -0.39 is 15.8 Å². The summed E-state index contributed by atoms with van der Waals surface area (Å²) >= 11 is 0. The molecule has 5 rings (SSSR count). The van der Waals surface area contributed by atoms with Gasteiger partial charge in [0.1, 0.15) is 12.1 Å². The van der Waals surface area contributed by atoms with Gasteiger partial charge < -0.3 is 24.4 Å². The SMILES string of the molecule is COc1ccc(S(=O)(=O)Nc2ccc(Nc3cc(-c4ccc(OCC5CCN(C)CC5)c(OC)c4)ncn3)cc2)cc1F. The minimum Gasteiger partial charge on any atom is -0.494 e. The first kappa shape index (κ1) is 30.1. The highest BCUT2D eigenvalue weighted by atomic mass is 32.2. The molecule has 0 spiro atoms. The van der Waals surface area contributed by atoms with E-state index >= 15 is 0 Å². The summed E-state index contributed by atoms with van der Waals surface area (Å²) in [6.07, 6.45) is 3.71. The molecule has 0 radical (unpaired) electrons. The zero-order valence-electron chi connectivity index (χ0n) is 24.2. The Morgan fingerprint density at radius 3 is 2.28 bits per heavy atom. The number of ether oxygens (including phenoxy) is 3. The summed E-state index contributed by atoms with van der Waals surface area (Å²) in [5.41, 5.74) is 2.52. The lowest BCUT2D eigenvalue weighted by atomic mass is 9.98. The molecule has 2 N–H and O–H groups in total. The quantitative estimate of drug-likeness (QED) is 0.226. The summed E-state index contributed by atoms with van der Waals surface area (Å²) < 4.78 is 58.5. The molecule has 1 saturated heterocycles. The van der Waals surface area contributed by atoms with E-state index in [9.17, 15) is 12.8 Å². The van der Waals surface area contributed by atoms with Gasteiger partial charge in [0.05, 0.1) is 31.4 Å². The van der Waals surface area contributed by atoms with Crippen LogP contribution in [0.15, 0.2) is 78.0 Å². The zero-order valence-corrected chi connectivity index (χ0v) is 25.0. The van der Waals surface area contributed by atoms with Crippen LogP contribution in [-0.2, 0) is 10.0 Å². The van der Waals surface area contributed by atoms with Gasteiger partial charge in [-0.25, -0.2) is 22.8 Å². The Labute approximate surface area is 250 Å². The van der Waals surface area contributed by atoms with Gasteiger partial charge in [0.2, 0.25) is 0 Å². The van der Waals surface area contributed by atoms with Crippen LogP contribution in [0.1, 0.15) is 12.8 Å². The van der Waals surface area contributed by atoms with Crippen molar-refractivity contribution in [3.8, 4) is 28.5 Å². The summed E-state index contributed by atoms with van der Waals surface area (Å²) in [4.78, 5) is 10.9. The number of benzene rings is 3.